The lowest BCUT2D eigenvalue weighted by atomic mass is 10.1. The minimum absolute atomic E-state index is 0.155. The molecule has 0 fully saturated rings. The first-order valence-corrected chi connectivity index (χ1v) is 6.36. The zero-order chi connectivity index (χ0) is 11.3. The van der Waals surface area contributed by atoms with E-state index in [9.17, 15) is 4.79 Å². The van der Waals surface area contributed by atoms with Gasteiger partial charge in [0.05, 0.1) is 0 Å². The van der Waals surface area contributed by atoms with Crippen LogP contribution in [-0.4, -0.2) is 11.5 Å². The van der Waals surface area contributed by atoms with Crippen LogP contribution in [0.3, 0.4) is 0 Å². The molecule has 2 heteroatoms. The second-order valence-electron chi connectivity index (χ2n) is 3.88. The molecule has 15 heavy (non-hydrogen) atoms. The van der Waals surface area contributed by atoms with Crippen molar-refractivity contribution in [3.63, 3.8) is 0 Å². The minimum atomic E-state index is 0.155. The normalized spacial score (nSPS) is 12.5. The highest BCUT2D eigenvalue weighted by molar-refractivity contribution is 7.99. The summed E-state index contributed by atoms with van der Waals surface area (Å²) in [5.74, 6) is 1.94. The Morgan fingerprint density at radius 2 is 2.07 bits per heavy atom. The number of carbonyl (C=O) groups is 1. The van der Waals surface area contributed by atoms with Crippen LogP contribution in [0.1, 0.15) is 37.6 Å². The Morgan fingerprint density at radius 3 is 2.67 bits per heavy atom. The number of ketones is 1. The predicted octanol–water partition coefficient (Wildman–Crippen LogP) is 4.03. The fourth-order valence-electron chi connectivity index (χ4n) is 1.23. The quantitative estimate of drug-likeness (QED) is 0.552. The molecule has 1 nitrogen and oxygen atoms in total. The van der Waals surface area contributed by atoms with Gasteiger partial charge in [-0.15, -0.1) is 11.8 Å². The molecule has 1 atom stereocenters. The number of hydrogen-bond donors (Lipinski definition) is 0. The minimum Gasteiger partial charge on any atom is -0.294 e. The summed E-state index contributed by atoms with van der Waals surface area (Å²) in [5.41, 5.74) is 0.853. The molecule has 1 unspecified atom stereocenters. The molecule has 0 aromatic heterocycles. The van der Waals surface area contributed by atoms with Crippen molar-refractivity contribution < 1.29 is 4.79 Å². The van der Waals surface area contributed by atoms with Crippen molar-refractivity contribution in [2.24, 2.45) is 5.92 Å². The Labute approximate surface area is 96.3 Å². The summed E-state index contributed by atoms with van der Waals surface area (Å²) in [6.07, 6.45) is 1.19. The van der Waals surface area contributed by atoms with Crippen molar-refractivity contribution in [1.82, 2.24) is 0 Å². The molecule has 0 aliphatic heterocycles. The zero-order valence-corrected chi connectivity index (χ0v) is 10.4. The van der Waals surface area contributed by atoms with Gasteiger partial charge in [0.1, 0.15) is 0 Å². The third-order valence-corrected chi connectivity index (χ3v) is 3.89. The maximum atomic E-state index is 11.4. The van der Waals surface area contributed by atoms with Gasteiger partial charge in [0.25, 0.3) is 0 Å². The van der Waals surface area contributed by atoms with E-state index in [0.717, 1.165) is 16.2 Å². The Hall–Kier alpha value is -0.760. The molecule has 1 aromatic rings. The Bertz CT molecular complexity index is 333. The molecule has 1 rings (SSSR count). The van der Waals surface area contributed by atoms with E-state index in [1.807, 2.05) is 24.3 Å². The van der Waals surface area contributed by atoms with Gasteiger partial charge in [-0.05, 0) is 18.9 Å². The first-order chi connectivity index (χ1) is 7.15. The Kier molecular flexibility index (Phi) is 4.89. The lowest BCUT2D eigenvalue weighted by molar-refractivity contribution is 0.101. The van der Waals surface area contributed by atoms with Crippen LogP contribution >= 0.6 is 11.8 Å². The average molecular weight is 222 g/mol. The van der Waals surface area contributed by atoms with Crippen LogP contribution in [0, 0.1) is 5.92 Å². The summed E-state index contributed by atoms with van der Waals surface area (Å²) in [5, 5.41) is 0. The molecule has 0 spiro atoms. The highest BCUT2D eigenvalue weighted by Gasteiger charge is 2.07. The lowest BCUT2D eigenvalue weighted by Gasteiger charge is -2.09. The molecule has 0 aliphatic rings. The highest BCUT2D eigenvalue weighted by atomic mass is 32.2. The molecule has 0 amide bonds. The van der Waals surface area contributed by atoms with Gasteiger partial charge < -0.3 is 0 Å². The van der Waals surface area contributed by atoms with Gasteiger partial charge in [0.2, 0.25) is 0 Å². The number of thioether (sulfide) groups is 1. The number of Topliss-reactive ketones (excluding diaryl/α,β-unsaturated/α-hetero) is 1. The summed E-state index contributed by atoms with van der Waals surface area (Å²) in [7, 11) is 0. The van der Waals surface area contributed by atoms with Crippen LogP contribution in [0.25, 0.3) is 0 Å². The first kappa shape index (κ1) is 12.3. The van der Waals surface area contributed by atoms with Crippen molar-refractivity contribution in [3.05, 3.63) is 29.8 Å². The molecule has 0 radical (unpaired) electrons. The smallest absolute Gasteiger partial charge is 0.160 e. The van der Waals surface area contributed by atoms with Crippen molar-refractivity contribution in [1.29, 1.82) is 0 Å². The van der Waals surface area contributed by atoms with E-state index in [2.05, 4.69) is 13.8 Å². The van der Waals surface area contributed by atoms with Gasteiger partial charge >= 0.3 is 0 Å². The van der Waals surface area contributed by atoms with E-state index < -0.39 is 0 Å². The molecule has 0 saturated heterocycles. The van der Waals surface area contributed by atoms with Crippen LogP contribution in [-0.2, 0) is 0 Å². The third kappa shape index (κ3) is 3.71. The summed E-state index contributed by atoms with van der Waals surface area (Å²) in [6.45, 7) is 6.06. The summed E-state index contributed by atoms with van der Waals surface area (Å²) in [4.78, 5) is 12.5. The summed E-state index contributed by atoms with van der Waals surface area (Å²) < 4.78 is 0. The van der Waals surface area contributed by atoms with Crippen molar-refractivity contribution in [3.8, 4) is 0 Å². The van der Waals surface area contributed by atoms with Crippen LogP contribution < -0.4 is 0 Å². The predicted molar refractivity (Wildman–Crippen MR) is 66.6 cm³/mol. The van der Waals surface area contributed by atoms with E-state index >= 15 is 0 Å². The van der Waals surface area contributed by atoms with Gasteiger partial charge in [0, 0.05) is 16.2 Å². The Balaban J connectivity index is 2.72. The largest absolute Gasteiger partial charge is 0.294 e. The second kappa shape index (κ2) is 5.96. The van der Waals surface area contributed by atoms with Crippen molar-refractivity contribution in [2.45, 2.75) is 32.1 Å². The number of carbonyl (C=O) groups excluding carboxylic acids is 1. The van der Waals surface area contributed by atoms with E-state index in [1.54, 1.807) is 18.7 Å². The average Bonchev–Trinajstić information content (AvgIpc) is 2.26. The fraction of sp³-hybridized carbons (Fsp3) is 0.462. The topological polar surface area (TPSA) is 17.1 Å². The number of rotatable bonds is 5. The number of hydrogen-bond acceptors (Lipinski definition) is 2. The lowest BCUT2D eigenvalue weighted by Crippen LogP contribution is -1.99. The molecule has 0 N–H and O–H groups in total. The van der Waals surface area contributed by atoms with Gasteiger partial charge in [-0.2, -0.15) is 0 Å². The summed E-state index contributed by atoms with van der Waals surface area (Å²) in [6, 6.07) is 7.85. The van der Waals surface area contributed by atoms with Crippen LogP contribution in [0.5, 0.6) is 0 Å². The SMILES string of the molecule is CCC(C)CSc1ccccc1C(C)=O. The molecule has 82 valence electrons. The molecule has 0 bridgehead atoms. The summed E-state index contributed by atoms with van der Waals surface area (Å²) >= 11 is 1.79. The van der Waals surface area contributed by atoms with Crippen LogP contribution in [0.2, 0.25) is 0 Å². The Morgan fingerprint density at radius 1 is 1.40 bits per heavy atom. The number of benzene rings is 1. The third-order valence-electron chi connectivity index (χ3n) is 2.49. The van der Waals surface area contributed by atoms with Crippen molar-refractivity contribution >= 4 is 17.5 Å². The van der Waals surface area contributed by atoms with Gasteiger partial charge in [0.15, 0.2) is 5.78 Å². The molecule has 0 aliphatic carbocycles. The molecular formula is C13H18OS. The van der Waals surface area contributed by atoms with Crippen LogP contribution in [0.4, 0.5) is 0 Å². The molecule has 0 heterocycles. The second-order valence-corrected chi connectivity index (χ2v) is 4.94. The highest BCUT2D eigenvalue weighted by Crippen LogP contribution is 2.25. The van der Waals surface area contributed by atoms with E-state index in [-0.39, 0.29) is 5.78 Å². The molecular weight excluding hydrogens is 204 g/mol. The zero-order valence-electron chi connectivity index (χ0n) is 9.62. The maximum Gasteiger partial charge on any atom is 0.160 e. The standard InChI is InChI=1S/C13H18OS/c1-4-10(2)9-15-13-8-6-5-7-12(13)11(3)14/h5-8,10H,4,9H2,1-3H3. The van der Waals surface area contributed by atoms with Gasteiger partial charge in [-0.3, -0.25) is 4.79 Å². The van der Waals surface area contributed by atoms with Gasteiger partial charge in [-0.25, -0.2) is 0 Å². The van der Waals surface area contributed by atoms with E-state index in [1.165, 1.54) is 6.42 Å². The van der Waals surface area contributed by atoms with Gasteiger partial charge in [-0.1, -0.05) is 38.5 Å². The molecule has 0 saturated carbocycles. The van der Waals surface area contributed by atoms with E-state index in [0.29, 0.717) is 5.92 Å². The first-order valence-electron chi connectivity index (χ1n) is 5.38. The fourth-order valence-corrected chi connectivity index (χ4v) is 2.48. The van der Waals surface area contributed by atoms with Crippen LogP contribution in [0.15, 0.2) is 29.2 Å². The van der Waals surface area contributed by atoms with Crippen molar-refractivity contribution in [2.75, 3.05) is 5.75 Å². The molecule has 1 aromatic carbocycles. The maximum absolute atomic E-state index is 11.4. The van der Waals surface area contributed by atoms with E-state index in [4.69, 9.17) is 0 Å². The monoisotopic (exact) mass is 222 g/mol.